The van der Waals surface area contributed by atoms with Crippen LogP contribution in [0.2, 0.25) is 0 Å². The van der Waals surface area contributed by atoms with Gasteiger partial charge in [0, 0.05) is 31.2 Å². The van der Waals surface area contributed by atoms with E-state index in [1.54, 1.807) is 4.90 Å². The molecular weight excluding hydrogens is 296 g/mol. The number of ether oxygens (including phenoxy) is 1. The maximum Gasteiger partial charge on any atom is 0.236 e. The lowest BCUT2D eigenvalue weighted by molar-refractivity contribution is -0.134. The highest BCUT2D eigenvalue weighted by molar-refractivity contribution is 9.10. The predicted molar refractivity (Wildman–Crippen MR) is 73.7 cm³/mol. The molecule has 1 aliphatic heterocycles. The van der Waals surface area contributed by atoms with E-state index >= 15 is 0 Å². The van der Waals surface area contributed by atoms with Gasteiger partial charge in [-0.1, -0.05) is 15.9 Å². The maximum absolute atomic E-state index is 11.5. The molecular formula is C13H17BrN2O2. The van der Waals surface area contributed by atoms with Gasteiger partial charge < -0.3 is 9.64 Å². The summed E-state index contributed by atoms with van der Waals surface area (Å²) in [5, 5.41) is 0. The van der Waals surface area contributed by atoms with Gasteiger partial charge in [-0.3, -0.25) is 9.69 Å². The van der Waals surface area contributed by atoms with E-state index in [0.717, 1.165) is 29.9 Å². The van der Waals surface area contributed by atoms with E-state index in [4.69, 9.17) is 4.74 Å². The van der Waals surface area contributed by atoms with Crippen LogP contribution in [0.4, 0.5) is 0 Å². The summed E-state index contributed by atoms with van der Waals surface area (Å²) in [5.74, 6) is 1.04. The van der Waals surface area contributed by atoms with Crippen molar-refractivity contribution in [1.82, 2.24) is 9.80 Å². The molecule has 0 bridgehead atoms. The first kappa shape index (κ1) is 13.4. The quantitative estimate of drug-likeness (QED) is 0.846. The van der Waals surface area contributed by atoms with E-state index in [-0.39, 0.29) is 5.91 Å². The number of carbonyl (C=O) groups is 1. The highest BCUT2D eigenvalue weighted by Gasteiger charge is 2.20. The van der Waals surface area contributed by atoms with Crippen molar-refractivity contribution in [1.29, 1.82) is 0 Å². The van der Waals surface area contributed by atoms with Crippen molar-refractivity contribution in [3.8, 4) is 5.75 Å². The lowest BCUT2D eigenvalue weighted by Crippen LogP contribution is -2.49. The van der Waals surface area contributed by atoms with Crippen molar-refractivity contribution in [2.45, 2.75) is 0 Å². The lowest BCUT2D eigenvalue weighted by Gasteiger charge is -2.31. The zero-order valence-electron chi connectivity index (χ0n) is 10.4. The number of halogens is 1. The highest BCUT2D eigenvalue weighted by atomic mass is 79.9. The van der Waals surface area contributed by atoms with Gasteiger partial charge in [0.1, 0.15) is 12.4 Å². The van der Waals surface area contributed by atoms with Crippen LogP contribution in [0, 0.1) is 0 Å². The number of likely N-dealkylation sites (N-methyl/N-ethyl adjacent to an activating group) is 1. The first-order chi connectivity index (χ1) is 8.65. The van der Waals surface area contributed by atoms with E-state index in [0.29, 0.717) is 13.2 Å². The minimum absolute atomic E-state index is 0.185. The van der Waals surface area contributed by atoms with Crippen LogP contribution in [0.1, 0.15) is 0 Å². The van der Waals surface area contributed by atoms with Crippen LogP contribution in [-0.4, -0.2) is 55.5 Å². The van der Waals surface area contributed by atoms with Crippen molar-refractivity contribution < 1.29 is 9.53 Å². The molecule has 0 saturated carbocycles. The van der Waals surface area contributed by atoms with Crippen LogP contribution in [0.3, 0.4) is 0 Å². The Kier molecular flexibility index (Phi) is 4.60. The minimum atomic E-state index is 0.185. The largest absolute Gasteiger partial charge is 0.492 e. The SMILES string of the molecule is CN1CCN(CCOc2ccc(Br)cc2)CC1=O. The molecule has 0 aromatic heterocycles. The van der Waals surface area contributed by atoms with Gasteiger partial charge in [0.15, 0.2) is 0 Å². The number of hydrogen-bond acceptors (Lipinski definition) is 3. The minimum Gasteiger partial charge on any atom is -0.492 e. The number of nitrogens with zero attached hydrogens (tertiary/aromatic N) is 2. The summed E-state index contributed by atoms with van der Waals surface area (Å²) in [7, 11) is 1.85. The Morgan fingerprint density at radius 1 is 1.28 bits per heavy atom. The number of piperazine rings is 1. The molecule has 0 N–H and O–H groups in total. The molecule has 2 rings (SSSR count). The van der Waals surface area contributed by atoms with Crippen molar-refractivity contribution in [3.63, 3.8) is 0 Å². The van der Waals surface area contributed by atoms with E-state index in [1.165, 1.54) is 0 Å². The Bertz CT molecular complexity index is 408. The third-order valence-electron chi connectivity index (χ3n) is 3.03. The Balaban J connectivity index is 1.72. The Morgan fingerprint density at radius 2 is 2.00 bits per heavy atom. The summed E-state index contributed by atoms with van der Waals surface area (Å²) in [6.45, 7) is 3.62. The molecule has 0 spiro atoms. The second-order valence-electron chi connectivity index (χ2n) is 4.39. The third-order valence-corrected chi connectivity index (χ3v) is 3.55. The molecule has 0 unspecified atom stereocenters. The normalized spacial score (nSPS) is 17.0. The van der Waals surface area contributed by atoms with E-state index in [1.807, 2.05) is 31.3 Å². The smallest absolute Gasteiger partial charge is 0.236 e. The number of rotatable bonds is 4. The number of hydrogen-bond donors (Lipinski definition) is 0. The molecule has 5 heteroatoms. The topological polar surface area (TPSA) is 32.8 Å². The molecule has 4 nitrogen and oxygen atoms in total. The molecule has 1 aliphatic rings. The van der Waals surface area contributed by atoms with Gasteiger partial charge in [-0.25, -0.2) is 0 Å². The van der Waals surface area contributed by atoms with Crippen molar-refractivity contribution >= 4 is 21.8 Å². The maximum atomic E-state index is 11.5. The molecule has 1 fully saturated rings. The summed E-state index contributed by atoms with van der Waals surface area (Å²) in [6, 6.07) is 7.77. The van der Waals surface area contributed by atoms with Crippen molar-refractivity contribution in [2.24, 2.45) is 0 Å². The number of benzene rings is 1. The second kappa shape index (κ2) is 6.20. The highest BCUT2D eigenvalue weighted by Crippen LogP contribution is 2.16. The zero-order chi connectivity index (χ0) is 13.0. The molecule has 0 aliphatic carbocycles. The summed E-state index contributed by atoms with van der Waals surface area (Å²) in [5.41, 5.74) is 0. The van der Waals surface area contributed by atoms with Crippen LogP contribution >= 0.6 is 15.9 Å². The molecule has 1 aromatic rings. The summed E-state index contributed by atoms with van der Waals surface area (Å²) < 4.78 is 6.68. The van der Waals surface area contributed by atoms with Gasteiger partial charge in [-0.15, -0.1) is 0 Å². The lowest BCUT2D eigenvalue weighted by atomic mass is 10.3. The van der Waals surface area contributed by atoms with Gasteiger partial charge in [0.2, 0.25) is 5.91 Å². The fraction of sp³-hybridized carbons (Fsp3) is 0.462. The summed E-state index contributed by atoms with van der Waals surface area (Å²) >= 11 is 3.38. The van der Waals surface area contributed by atoms with Gasteiger partial charge in [0.25, 0.3) is 0 Å². The van der Waals surface area contributed by atoms with Crippen molar-refractivity contribution in [2.75, 3.05) is 39.8 Å². The molecule has 1 saturated heterocycles. The Morgan fingerprint density at radius 3 is 2.67 bits per heavy atom. The molecule has 1 aromatic carbocycles. The van der Waals surface area contributed by atoms with Gasteiger partial charge in [0.05, 0.1) is 6.54 Å². The van der Waals surface area contributed by atoms with Gasteiger partial charge >= 0.3 is 0 Å². The van der Waals surface area contributed by atoms with E-state index < -0.39 is 0 Å². The first-order valence-electron chi connectivity index (χ1n) is 6.00. The van der Waals surface area contributed by atoms with Crippen molar-refractivity contribution in [3.05, 3.63) is 28.7 Å². The molecule has 18 heavy (non-hydrogen) atoms. The zero-order valence-corrected chi connectivity index (χ0v) is 12.0. The van der Waals surface area contributed by atoms with Crippen LogP contribution in [0.25, 0.3) is 0 Å². The van der Waals surface area contributed by atoms with Gasteiger partial charge in [-0.2, -0.15) is 0 Å². The van der Waals surface area contributed by atoms with E-state index in [9.17, 15) is 4.79 Å². The molecule has 98 valence electrons. The summed E-state index contributed by atoms with van der Waals surface area (Å²) in [6.07, 6.45) is 0. The third kappa shape index (κ3) is 3.71. The monoisotopic (exact) mass is 312 g/mol. The fourth-order valence-corrected chi connectivity index (χ4v) is 2.09. The fourth-order valence-electron chi connectivity index (χ4n) is 1.82. The first-order valence-corrected chi connectivity index (χ1v) is 6.79. The Hall–Kier alpha value is -1.07. The average Bonchev–Trinajstić information content (AvgIpc) is 2.36. The van der Waals surface area contributed by atoms with Gasteiger partial charge in [-0.05, 0) is 24.3 Å². The van der Waals surface area contributed by atoms with E-state index in [2.05, 4.69) is 20.8 Å². The Labute approximate surface area is 116 Å². The molecule has 0 atom stereocenters. The number of amides is 1. The van der Waals surface area contributed by atoms with Crippen LogP contribution in [-0.2, 0) is 4.79 Å². The number of carbonyl (C=O) groups excluding carboxylic acids is 1. The predicted octanol–water partition coefficient (Wildman–Crippen LogP) is 1.60. The molecule has 0 radical (unpaired) electrons. The standard InChI is InChI=1S/C13H17BrN2O2/c1-15-6-7-16(10-13(15)17)8-9-18-12-4-2-11(14)3-5-12/h2-5H,6-10H2,1H3. The van der Waals surface area contributed by atoms with Crippen LogP contribution in [0.15, 0.2) is 28.7 Å². The van der Waals surface area contributed by atoms with Crippen LogP contribution < -0.4 is 4.74 Å². The molecule has 1 amide bonds. The summed E-state index contributed by atoms with van der Waals surface area (Å²) in [4.78, 5) is 15.4. The second-order valence-corrected chi connectivity index (χ2v) is 5.31. The molecule has 1 heterocycles. The van der Waals surface area contributed by atoms with Crippen LogP contribution in [0.5, 0.6) is 5.75 Å². The average molecular weight is 313 g/mol.